The normalized spacial score (nSPS) is 15.5. The average Bonchev–Trinajstić information content (AvgIpc) is 2.82. The number of nitrogens with zero attached hydrogens (tertiary/aromatic N) is 1. The van der Waals surface area contributed by atoms with E-state index < -0.39 is 12.0 Å². The molecule has 1 aliphatic rings. The number of hydrogen-bond donors (Lipinski definition) is 3. The number of esters is 1. The number of benzene rings is 1. The van der Waals surface area contributed by atoms with Crippen LogP contribution in [0.5, 0.6) is 0 Å². The summed E-state index contributed by atoms with van der Waals surface area (Å²) in [6.07, 6.45) is 2.21. The first kappa shape index (κ1) is 26.1. The summed E-state index contributed by atoms with van der Waals surface area (Å²) in [6, 6.07) is 5.88. The summed E-state index contributed by atoms with van der Waals surface area (Å²) in [4.78, 5) is 50.7. The van der Waals surface area contributed by atoms with Gasteiger partial charge in [-0.3, -0.25) is 19.2 Å². The Morgan fingerprint density at radius 3 is 2.61 bits per heavy atom. The minimum absolute atomic E-state index is 0.0444. The van der Waals surface area contributed by atoms with Gasteiger partial charge in [0.05, 0.1) is 19.6 Å². The van der Waals surface area contributed by atoms with Crippen LogP contribution in [-0.4, -0.2) is 81.1 Å². The molecule has 3 N–H and O–H groups in total. The van der Waals surface area contributed by atoms with E-state index in [1.807, 2.05) is 6.92 Å². The Morgan fingerprint density at radius 1 is 1.15 bits per heavy atom. The van der Waals surface area contributed by atoms with Crippen LogP contribution in [0.1, 0.15) is 43.0 Å². The van der Waals surface area contributed by atoms with Gasteiger partial charge >= 0.3 is 5.97 Å². The number of carbonyl (C=O) groups is 4. The zero-order valence-corrected chi connectivity index (χ0v) is 19.4. The van der Waals surface area contributed by atoms with Gasteiger partial charge < -0.3 is 30.3 Å². The van der Waals surface area contributed by atoms with E-state index in [0.29, 0.717) is 44.1 Å². The van der Waals surface area contributed by atoms with Crippen molar-refractivity contribution < 1.29 is 28.7 Å². The summed E-state index contributed by atoms with van der Waals surface area (Å²) in [5.41, 5.74) is 1.18. The van der Waals surface area contributed by atoms with Gasteiger partial charge in [0.15, 0.2) is 0 Å². The summed E-state index contributed by atoms with van der Waals surface area (Å²) in [5.74, 6) is -1.33. The first-order valence-electron chi connectivity index (χ1n) is 11.3. The monoisotopic (exact) mass is 462 g/mol. The lowest BCUT2D eigenvalue weighted by Gasteiger charge is -2.34. The molecule has 1 atom stereocenters. The molecular formula is C23H34N4O6. The van der Waals surface area contributed by atoms with E-state index in [-0.39, 0.29) is 30.7 Å². The highest BCUT2D eigenvalue weighted by Gasteiger charge is 2.34. The number of carbonyl (C=O) groups excluding carboxylic acids is 4. The topological polar surface area (TPSA) is 126 Å². The lowest BCUT2D eigenvalue weighted by molar-refractivity contribution is -0.151. The highest BCUT2D eigenvalue weighted by atomic mass is 16.5. The van der Waals surface area contributed by atoms with Gasteiger partial charge in [-0.25, -0.2) is 0 Å². The molecule has 33 heavy (non-hydrogen) atoms. The third-order valence-corrected chi connectivity index (χ3v) is 5.17. The molecule has 1 heterocycles. The van der Waals surface area contributed by atoms with E-state index in [1.165, 1.54) is 4.90 Å². The maximum absolute atomic E-state index is 12.8. The fraction of sp³-hybridized carbons (Fsp3) is 0.565. The lowest BCUT2D eigenvalue weighted by Crippen LogP contribution is -2.58. The number of ether oxygens (including phenoxy) is 2. The molecule has 3 amide bonds. The zero-order chi connectivity index (χ0) is 24.1. The predicted molar refractivity (Wildman–Crippen MR) is 123 cm³/mol. The molecule has 10 heteroatoms. The van der Waals surface area contributed by atoms with Crippen LogP contribution in [0.3, 0.4) is 0 Å². The Hall–Kier alpha value is -3.14. The Morgan fingerprint density at radius 2 is 1.91 bits per heavy atom. The molecule has 1 aromatic rings. The number of piperazine rings is 1. The number of nitrogens with one attached hydrogen (secondary N) is 3. The number of amides is 3. The minimum atomic E-state index is -0.883. The van der Waals surface area contributed by atoms with E-state index in [1.54, 1.807) is 31.4 Å². The molecule has 1 saturated heterocycles. The fourth-order valence-corrected chi connectivity index (χ4v) is 3.30. The Bertz CT molecular complexity index is 799. The molecule has 0 spiro atoms. The molecule has 182 valence electrons. The Kier molecular flexibility index (Phi) is 11.2. The molecule has 0 aliphatic carbocycles. The largest absolute Gasteiger partial charge is 0.466 e. The van der Waals surface area contributed by atoms with Crippen molar-refractivity contribution in [1.29, 1.82) is 0 Å². The molecular weight excluding hydrogens is 428 g/mol. The molecule has 1 aromatic carbocycles. The van der Waals surface area contributed by atoms with Gasteiger partial charge in [-0.2, -0.15) is 0 Å². The number of rotatable bonds is 13. The number of methoxy groups -OCH3 is 1. The lowest BCUT2D eigenvalue weighted by atomic mass is 10.1. The number of unbranched alkanes of at least 4 members (excludes halogenated alkanes) is 1. The van der Waals surface area contributed by atoms with Gasteiger partial charge in [-0.1, -0.05) is 13.3 Å². The summed E-state index contributed by atoms with van der Waals surface area (Å²) < 4.78 is 10.1. The van der Waals surface area contributed by atoms with Gasteiger partial charge in [0, 0.05) is 44.6 Å². The first-order valence-corrected chi connectivity index (χ1v) is 11.3. The number of hydrogen-bond acceptors (Lipinski definition) is 7. The van der Waals surface area contributed by atoms with Gasteiger partial charge in [0.1, 0.15) is 6.04 Å². The van der Waals surface area contributed by atoms with Crippen molar-refractivity contribution in [2.24, 2.45) is 0 Å². The quantitative estimate of drug-likeness (QED) is 0.294. The molecule has 0 aromatic heterocycles. The maximum atomic E-state index is 12.8. The van der Waals surface area contributed by atoms with E-state index in [2.05, 4.69) is 16.0 Å². The van der Waals surface area contributed by atoms with Crippen LogP contribution >= 0.6 is 0 Å². The van der Waals surface area contributed by atoms with Crippen molar-refractivity contribution in [3.8, 4) is 0 Å². The van der Waals surface area contributed by atoms with Gasteiger partial charge in [0.2, 0.25) is 11.8 Å². The highest BCUT2D eigenvalue weighted by molar-refractivity contribution is 5.95. The van der Waals surface area contributed by atoms with Crippen LogP contribution in [0.15, 0.2) is 24.3 Å². The van der Waals surface area contributed by atoms with Crippen molar-refractivity contribution in [1.82, 2.24) is 15.5 Å². The predicted octanol–water partition coefficient (Wildman–Crippen LogP) is 0.925. The van der Waals surface area contributed by atoms with Gasteiger partial charge in [-0.15, -0.1) is 0 Å². The average molecular weight is 463 g/mol. The fourth-order valence-electron chi connectivity index (χ4n) is 3.30. The van der Waals surface area contributed by atoms with Gasteiger partial charge in [0.25, 0.3) is 5.91 Å². The van der Waals surface area contributed by atoms with Crippen LogP contribution in [0.25, 0.3) is 0 Å². The van der Waals surface area contributed by atoms with Crippen molar-refractivity contribution in [2.45, 2.75) is 38.6 Å². The summed E-state index contributed by atoms with van der Waals surface area (Å²) in [5, 5.41) is 8.52. The first-order chi connectivity index (χ1) is 16.0. The van der Waals surface area contributed by atoms with E-state index in [9.17, 15) is 19.2 Å². The zero-order valence-electron chi connectivity index (χ0n) is 19.4. The molecule has 0 saturated carbocycles. The second-order valence-corrected chi connectivity index (χ2v) is 7.71. The van der Waals surface area contributed by atoms with E-state index in [0.717, 1.165) is 19.3 Å². The van der Waals surface area contributed by atoms with Crippen molar-refractivity contribution >= 4 is 29.4 Å². The summed E-state index contributed by atoms with van der Waals surface area (Å²) >= 11 is 0. The molecule has 0 bridgehead atoms. The Balaban J connectivity index is 1.86. The molecule has 1 aliphatic heterocycles. The molecule has 2 rings (SSSR count). The van der Waals surface area contributed by atoms with Crippen LogP contribution in [-0.2, 0) is 23.9 Å². The van der Waals surface area contributed by atoms with Crippen LogP contribution in [0, 0.1) is 0 Å². The summed E-state index contributed by atoms with van der Waals surface area (Å²) in [6.45, 7) is 4.01. The molecule has 1 unspecified atom stereocenters. The Labute approximate surface area is 194 Å². The highest BCUT2D eigenvalue weighted by Crippen LogP contribution is 2.13. The van der Waals surface area contributed by atoms with Crippen LogP contribution in [0.2, 0.25) is 0 Å². The van der Waals surface area contributed by atoms with Crippen molar-refractivity contribution in [3.63, 3.8) is 0 Å². The van der Waals surface area contributed by atoms with E-state index in [4.69, 9.17) is 9.47 Å². The smallest absolute Gasteiger partial charge is 0.308 e. The minimum Gasteiger partial charge on any atom is -0.466 e. The van der Waals surface area contributed by atoms with Crippen molar-refractivity contribution in [3.05, 3.63) is 29.8 Å². The van der Waals surface area contributed by atoms with Crippen molar-refractivity contribution in [2.75, 3.05) is 51.8 Å². The standard InChI is InChI=1S/C23H34N4O6/c1-3-4-14-33-21(29)15-19-23(31)25-11-12-27(19)20(28)16-26-18-8-6-17(7-9-18)22(30)24-10-5-13-32-2/h6-9,19,26H,3-5,10-16H2,1-2H3,(H,24,30)(H,25,31). The SMILES string of the molecule is CCCCOC(=O)CC1C(=O)NCCN1C(=O)CNc1ccc(C(=O)NCCCOC)cc1. The number of anilines is 1. The maximum Gasteiger partial charge on any atom is 0.308 e. The van der Waals surface area contributed by atoms with Gasteiger partial charge in [-0.05, 0) is 37.1 Å². The second-order valence-electron chi connectivity index (χ2n) is 7.71. The van der Waals surface area contributed by atoms with Crippen LogP contribution < -0.4 is 16.0 Å². The summed E-state index contributed by atoms with van der Waals surface area (Å²) in [7, 11) is 1.61. The molecule has 1 fully saturated rings. The third-order valence-electron chi connectivity index (χ3n) is 5.17. The van der Waals surface area contributed by atoms with Crippen LogP contribution in [0.4, 0.5) is 5.69 Å². The second kappa shape index (κ2) is 14.1. The molecule has 10 nitrogen and oxygen atoms in total. The third kappa shape index (κ3) is 8.72. The van der Waals surface area contributed by atoms with E-state index >= 15 is 0 Å². The molecule has 0 radical (unpaired) electrons.